The number of hydrogen-bond donors (Lipinski definition) is 1. The van der Waals surface area contributed by atoms with E-state index >= 15 is 0 Å². The molecule has 5 rings (SSSR count). The van der Waals surface area contributed by atoms with E-state index in [1.807, 2.05) is 6.08 Å². The maximum atomic E-state index is 13.4. The van der Waals surface area contributed by atoms with E-state index in [-0.39, 0.29) is 5.91 Å². The van der Waals surface area contributed by atoms with Crippen LogP contribution in [0.4, 0.5) is 10.5 Å². The summed E-state index contributed by atoms with van der Waals surface area (Å²) in [5.41, 5.74) is 2.44. The zero-order chi connectivity index (χ0) is 21.5. The SMILES string of the molecule is COc1ccc(C#N)c(C2=CC3NC(=O)N(c4cncc5c4CCCO5)C(=O)C3S2)c1. The molecule has 31 heavy (non-hydrogen) atoms. The molecule has 1 aromatic carbocycles. The lowest BCUT2D eigenvalue weighted by molar-refractivity contribution is -0.118. The number of carbonyl (C=O) groups is 2. The first kappa shape index (κ1) is 19.5. The number of anilines is 1. The number of nitrogens with one attached hydrogen (secondary N) is 1. The molecule has 2 unspecified atom stereocenters. The highest BCUT2D eigenvalue weighted by Crippen LogP contribution is 2.44. The van der Waals surface area contributed by atoms with Gasteiger partial charge in [0.2, 0.25) is 0 Å². The summed E-state index contributed by atoms with van der Waals surface area (Å²) in [4.78, 5) is 32.4. The minimum absolute atomic E-state index is 0.313. The van der Waals surface area contributed by atoms with Crippen LogP contribution in [0.15, 0.2) is 36.7 Å². The lowest BCUT2D eigenvalue weighted by Gasteiger charge is -2.34. The molecule has 3 amide bonds. The van der Waals surface area contributed by atoms with Gasteiger partial charge in [-0.2, -0.15) is 5.26 Å². The molecule has 3 aliphatic rings. The molecule has 1 fully saturated rings. The van der Waals surface area contributed by atoms with Gasteiger partial charge in [0.1, 0.15) is 16.7 Å². The first-order chi connectivity index (χ1) is 15.1. The molecule has 3 aliphatic heterocycles. The molecule has 2 aromatic rings. The van der Waals surface area contributed by atoms with Gasteiger partial charge in [-0.05, 0) is 37.1 Å². The van der Waals surface area contributed by atoms with Crippen LogP contribution in [0.3, 0.4) is 0 Å². The van der Waals surface area contributed by atoms with E-state index in [4.69, 9.17) is 9.47 Å². The molecule has 4 heterocycles. The van der Waals surface area contributed by atoms with Gasteiger partial charge >= 0.3 is 6.03 Å². The van der Waals surface area contributed by atoms with Crippen LogP contribution in [0, 0.1) is 11.3 Å². The monoisotopic (exact) mass is 434 g/mol. The molecule has 1 saturated heterocycles. The molecule has 9 heteroatoms. The third-order valence-corrected chi connectivity index (χ3v) is 6.90. The number of nitriles is 1. The highest BCUT2D eigenvalue weighted by Gasteiger charge is 2.46. The fourth-order valence-corrected chi connectivity index (χ4v) is 5.34. The van der Waals surface area contributed by atoms with Gasteiger partial charge in [0.15, 0.2) is 0 Å². The summed E-state index contributed by atoms with van der Waals surface area (Å²) >= 11 is 1.34. The molecule has 0 spiro atoms. The van der Waals surface area contributed by atoms with Gasteiger partial charge in [0.05, 0.1) is 49.5 Å². The number of hydrogen-bond acceptors (Lipinski definition) is 7. The minimum atomic E-state index is -0.536. The molecule has 1 aromatic heterocycles. The van der Waals surface area contributed by atoms with Crippen molar-refractivity contribution in [2.75, 3.05) is 18.6 Å². The predicted octanol–water partition coefficient (Wildman–Crippen LogP) is 2.87. The van der Waals surface area contributed by atoms with Crippen molar-refractivity contribution < 1.29 is 19.1 Å². The Bertz CT molecular complexity index is 1170. The van der Waals surface area contributed by atoms with Crippen molar-refractivity contribution >= 4 is 34.3 Å². The number of methoxy groups -OCH3 is 1. The molecular formula is C22H18N4O4S. The molecule has 0 bridgehead atoms. The summed E-state index contributed by atoms with van der Waals surface area (Å²) in [5, 5.41) is 11.9. The normalized spacial score (nSPS) is 21.9. The van der Waals surface area contributed by atoms with Gasteiger partial charge in [0, 0.05) is 16.0 Å². The smallest absolute Gasteiger partial charge is 0.329 e. The molecule has 1 N–H and O–H groups in total. The quantitative estimate of drug-likeness (QED) is 0.792. The number of aromatic nitrogens is 1. The van der Waals surface area contributed by atoms with E-state index < -0.39 is 17.3 Å². The van der Waals surface area contributed by atoms with Crippen molar-refractivity contribution in [3.05, 3.63) is 53.4 Å². The summed E-state index contributed by atoms with van der Waals surface area (Å²) in [5.74, 6) is 0.913. The van der Waals surface area contributed by atoms with Gasteiger partial charge in [-0.15, -0.1) is 11.8 Å². The Balaban J connectivity index is 1.48. The highest BCUT2D eigenvalue weighted by molar-refractivity contribution is 8.09. The second kappa shape index (κ2) is 7.63. The molecule has 0 aliphatic carbocycles. The average Bonchev–Trinajstić information content (AvgIpc) is 3.23. The largest absolute Gasteiger partial charge is 0.497 e. The zero-order valence-electron chi connectivity index (χ0n) is 16.6. The second-order valence-corrected chi connectivity index (χ2v) is 8.51. The van der Waals surface area contributed by atoms with Crippen molar-refractivity contribution in [3.8, 4) is 17.6 Å². The topological polar surface area (TPSA) is 105 Å². The predicted molar refractivity (Wildman–Crippen MR) is 115 cm³/mol. The van der Waals surface area contributed by atoms with Crippen LogP contribution in [0.25, 0.3) is 4.91 Å². The van der Waals surface area contributed by atoms with Crippen LogP contribution < -0.4 is 19.7 Å². The number of nitrogens with zero attached hydrogens (tertiary/aromatic N) is 3. The number of urea groups is 1. The van der Waals surface area contributed by atoms with Crippen LogP contribution >= 0.6 is 11.8 Å². The molecular weight excluding hydrogens is 416 g/mol. The summed E-state index contributed by atoms with van der Waals surface area (Å²) in [7, 11) is 1.56. The Morgan fingerprint density at radius 3 is 3.03 bits per heavy atom. The Labute approximate surface area is 182 Å². The highest BCUT2D eigenvalue weighted by atomic mass is 32.2. The number of pyridine rings is 1. The second-order valence-electron chi connectivity index (χ2n) is 7.33. The Morgan fingerprint density at radius 2 is 2.23 bits per heavy atom. The van der Waals surface area contributed by atoms with Gasteiger partial charge in [-0.1, -0.05) is 0 Å². The van der Waals surface area contributed by atoms with E-state index in [0.29, 0.717) is 41.3 Å². The fraction of sp³-hybridized carbons (Fsp3) is 0.273. The van der Waals surface area contributed by atoms with Gasteiger partial charge in [-0.25, -0.2) is 9.69 Å². The van der Waals surface area contributed by atoms with Gasteiger partial charge in [0.25, 0.3) is 5.91 Å². The van der Waals surface area contributed by atoms with Crippen molar-refractivity contribution in [1.82, 2.24) is 10.3 Å². The maximum Gasteiger partial charge on any atom is 0.329 e. The number of ether oxygens (including phenoxy) is 2. The molecule has 2 atom stereocenters. The van der Waals surface area contributed by atoms with Crippen molar-refractivity contribution in [2.45, 2.75) is 24.1 Å². The van der Waals surface area contributed by atoms with Crippen molar-refractivity contribution in [1.29, 1.82) is 5.26 Å². The van der Waals surface area contributed by atoms with Gasteiger partial charge in [-0.3, -0.25) is 9.78 Å². The number of rotatable bonds is 3. The number of carbonyl (C=O) groups excluding carboxylic acids is 2. The van der Waals surface area contributed by atoms with E-state index in [9.17, 15) is 14.9 Å². The summed E-state index contributed by atoms with van der Waals surface area (Å²) in [6, 6.07) is 6.41. The number of imide groups is 1. The number of thioether (sulfide) groups is 1. The molecule has 156 valence electrons. The van der Waals surface area contributed by atoms with Crippen LogP contribution in [0.2, 0.25) is 0 Å². The van der Waals surface area contributed by atoms with Crippen LogP contribution in [-0.4, -0.2) is 41.9 Å². The number of benzene rings is 1. The van der Waals surface area contributed by atoms with E-state index in [2.05, 4.69) is 16.4 Å². The summed E-state index contributed by atoms with van der Waals surface area (Å²) in [6.07, 6.45) is 6.51. The number of amides is 3. The summed E-state index contributed by atoms with van der Waals surface area (Å²) < 4.78 is 10.9. The van der Waals surface area contributed by atoms with Crippen molar-refractivity contribution in [3.63, 3.8) is 0 Å². The van der Waals surface area contributed by atoms with E-state index in [1.54, 1.807) is 31.5 Å². The van der Waals surface area contributed by atoms with E-state index in [0.717, 1.165) is 16.9 Å². The third kappa shape index (κ3) is 3.20. The Morgan fingerprint density at radius 1 is 1.35 bits per heavy atom. The van der Waals surface area contributed by atoms with Crippen LogP contribution in [-0.2, 0) is 11.2 Å². The Hall–Kier alpha value is -3.51. The van der Waals surface area contributed by atoms with E-state index in [1.165, 1.54) is 22.9 Å². The number of fused-ring (bicyclic) bond motifs is 2. The maximum absolute atomic E-state index is 13.4. The first-order valence-electron chi connectivity index (χ1n) is 9.82. The van der Waals surface area contributed by atoms with Crippen molar-refractivity contribution in [2.24, 2.45) is 0 Å². The lowest BCUT2D eigenvalue weighted by atomic mass is 10.0. The molecule has 0 radical (unpaired) electrons. The zero-order valence-corrected chi connectivity index (χ0v) is 17.4. The lowest BCUT2D eigenvalue weighted by Crippen LogP contribution is -2.60. The van der Waals surface area contributed by atoms with Crippen LogP contribution in [0.1, 0.15) is 23.1 Å². The molecule has 0 saturated carbocycles. The van der Waals surface area contributed by atoms with Gasteiger partial charge < -0.3 is 14.8 Å². The minimum Gasteiger partial charge on any atom is -0.497 e. The average molecular weight is 434 g/mol. The third-order valence-electron chi connectivity index (χ3n) is 5.55. The van der Waals surface area contributed by atoms with Crippen LogP contribution in [0.5, 0.6) is 11.5 Å². The fourth-order valence-electron chi connectivity index (χ4n) is 4.05. The standard InChI is InChI=1S/C22H18N4O4S/c1-29-13-5-4-12(9-23)15(7-13)19-8-16-20(31-19)21(27)26(22(28)25-16)17-10-24-11-18-14(17)3-2-6-30-18/h4-5,7-8,10-11,16,20H,2-3,6H2,1H3,(H,25,28). The first-order valence-corrected chi connectivity index (χ1v) is 10.7. The summed E-state index contributed by atoms with van der Waals surface area (Å²) in [6.45, 7) is 0.591. The Kier molecular flexibility index (Phi) is 4.79. The molecule has 8 nitrogen and oxygen atoms in total.